The minimum absolute atomic E-state index is 0.0674. The average Bonchev–Trinajstić information content (AvgIpc) is 3.24. The van der Waals surface area contributed by atoms with Gasteiger partial charge in [-0.05, 0) is 56.2 Å². The summed E-state index contributed by atoms with van der Waals surface area (Å²) < 4.78 is 18.8. The van der Waals surface area contributed by atoms with Crippen LogP contribution in [0.1, 0.15) is 18.5 Å². The molecule has 162 valence electrons. The summed E-state index contributed by atoms with van der Waals surface area (Å²) in [5.74, 6) is 0.592. The highest BCUT2D eigenvalue weighted by Gasteiger charge is 2.29. The Labute approximate surface area is 183 Å². The van der Waals surface area contributed by atoms with Crippen molar-refractivity contribution in [3.8, 4) is 11.3 Å². The number of pyridine rings is 1. The van der Waals surface area contributed by atoms with Gasteiger partial charge in [0, 0.05) is 24.3 Å². The molecule has 0 radical (unpaired) electrons. The van der Waals surface area contributed by atoms with Gasteiger partial charge in [0.15, 0.2) is 0 Å². The van der Waals surface area contributed by atoms with Gasteiger partial charge in [-0.2, -0.15) is 4.98 Å². The molecular formula is C23H21FN6O2. The van der Waals surface area contributed by atoms with Crippen LogP contribution in [0.4, 0.5) is 16.0 Å². The van der Waals surface area contributed by atoms with E-state index >= 15 is 0 Å². The molecule has 1 saturated heterocycles. The van der Waals surface area contributed by atoms with Crippen molar-refractivity contribution in [1.29, 1.82) is 0 Å². The summed E-state index contributed by atoms with van der Waals surface area (Å²) in [4.78, 5) is 28.0. The lowest BCUT2D eigenvalue weighted by molar-refractivity contribution is -0.120. The molecule has 0 aliphatic carbocycles. The number of benzene rings is 1. The number of piperidine rings is 1. The zero-order valence-corrected chi connectivity index (χ0v) is 17.5. The maximum absolute atomic E-state index is 13.4. The van der Waals surface area contributed by atoms with Gasteiger partial charge >= 0.3 is 0 Å². The zero-order valence-electron chi connectivity index (χ0n) is 17.5. The highest BCUT2D eigenvalue weighted by Crippen LogP contribution is 2.35. The monoisotopic (exact) mass is 432 g/mol. The molecule has 8 nitrogen and oxygen atoms in total. The van der Waals surface area contributed by atoms with E-state index in [1.807, 2.05) is 19.1 Å². The molecule has 5 rings (SSSR count). The van der Waals surface area contributed by atoms with E-state index in [4.69, 9.17) is 4.52 Å². The lowest BCUT2D eigenvalue weighted by Gasteiger charge is -2.33. The molecule has 1 aromatic carbocycles. The molecule has 4 heterocycles. The standard InChI is InChI=1S/C23H21FN6O2/c1-14-4-2-6-18(27-14)28-22(31)16-5-3-11-30(12-16)21-19-20(15-7-9-17(24)10-8-15)29-32-23(19)26-13-25-21/h2,4,6-10,13,16H,3,5,11-12H2,1H3,(H,27,28,31). The van der Waals surface area contributed by atoms with Crippen molar-refractivity contribution in [1.82, 2.24) is 20.1 Å². The molecule has 1 aliphatic heterocycles. The number of anilines is 2. The number of nitrogens with zero attached hydrogens (tertiary/aromatic N) is 5. The van der Waals surface area contributed by atoms with Crippen LogP contribution in [0, 0.1) is 18.7 Å². The van der Waals surface area contributed by atoms with Gasteiger partial charge in [-0.3, -0.25) is 4.79 Å². The van der Waals surface area contributed by atoms with Gasteiger partial charge in [0.1, 0.15) is 34.9 Å². The molecule has 0 saturated carbocycles. The maximum atomic E-state index is 13.4. The molecule has 1 N–H and O–H groups in total. The maximum Gasteiger partial charge on any atom is 0.263 e. The number of hydrogen-bond donors (Lipinski definition) is 1. The molecule has 0 spiro atoms. The second-order valence-corrected chi connectivity index (χ2v) is 7.85. The van der Waals surface area contributed by atoms with E-state index in [2.05, 4.69) is 30.3 Å². The van der Waals surface area contributed by atoms with Crippen LogP contribution in [0.3, 0.4) is 0 Å². The highest BCUT2D eigenvalue weighted by atomic mass is 19.1. The number of rotatable bonds is 4. The van der Waals surface area contributed by atoms with Crippen LogP contribution in [0.2, 0.25) is 0 Å². The van der Waals surface area contributed by atoms with E-state index in [1.54, 1.807) is 18.2 Å². The molecule has 9 heteroatoms. The Hall–Kier alpha value is -3.88. The van der Waals surface area contributed by atoms with Crippen LogP contribution < -0.4 is 10.2 Å². The van der Waals surface area contributed by atoms with Gasteiger partial charge in [0.25, 0.3) is 5.71 Å². The van der Waals surface area contributed by atoms with Crippen molar-refractivity contribution in [2.75, 3.05) is 23.3 Å². The third-order valence-corrected chi connectivity index (χ3v) is 5.60. The van der Waals surface area contributed by atoms with Crippen molar-refractivity contribution < 1.29 is 13.7 Å². The number of halogens is 1. The number of fused-ring (bicyclic) bond motifs is 1. The molecule has 4 aromatic rings. The Morgan fingerprint density at radius 3 is 2.84 bits per heavy atom. The molecule has 1 atom stereocenters. The van der Waals surface area contributed by atoms with E-state index in [0.717, 1.165) is 25.1 Å². The first-order chi connectivity index (χ1) is 15.6. The van der Waals surface area contributed by atoms with Crippen molar-refractivity contribution in [2.24, 2.45) is 5.92 Å². The first kappa shape index (κ1) is 20.0. The molecule has 1 unspecified atom stereocenters. The van der Waals surface area contributed by atoms with Crippen molar-refractivity contribution >= 4 is 28.6 Å². The molecule has 3 aromatic heterocycles. The Bertz CT molecular complexity index is 1270. The van der Waals surface area contributed by atoms with E-state index < -0.39 is 0 Å². The summed E-state index contributed by atoms with van der Waals surface area (Å²) in [7, 11) is 0. The average molecular weight is 432 g/mol. The lowest BCUT2D eigenvalue weighted by atomic mass is 9.96. The SMILES string of the molecule is Cc1cccc(NC(=O)C2CCCN(c3ncnc4onc(-c5ccc(F)cc5)c34)C2)n1. The van der Waals surface area contributed by atoms with Crippen LogP contribution in [-0.2, 0) is 4.79 Å². The molecule has 32 heavy (non-hydrogen) atoms. The third kappa shape index (κ3) is 3.89. The number of hydrogen-bond acceptors (Lipinski definition) is 7. The zero-order chi connectivity index (χ0) is 22.1. The predicted octanol–water partition coefficient (Wildman–Crippen LogP) is 3.98. The number of aryl methyl sites for hydroxylation is 1. The van der Waals surface area contributed by atoms with E-state index in [9.17, 15) is 9.18 Å². The van der Waals surface area contributed by atoms with Crippen molar-refractivity contribution in [3.63, 3.8) is 0 Å². The normalized spacial score (nSPS) is 16.3. The summed E-state index contributed by atoms with van der Waals surface area (Å²) in [6, 6.07) is 11.6. The van der Waals surface area contributed by atoms with Crippen molar-refractivity contribution in [3.05, 3.63) is 60.3 Å². The first-order valence-electron chi connectivity index (χ1n) is 10.4. The number of aromatic nitrogens is 4. The van der Waals surface area contributed by atoms with Gasteiger partial charge in [-0.1, -0.05) is 11.2 Å². The smallest absolute Gasteiger partial charge is 0.263 e. The number of nitrogens with one attached hydrogen (secondary N) is 1. The summed E-state index contributed by atoms with van der Waals surface area (Å²) in [5.41, 5.74) is 2.45. The second kappa shape index (κ2) is 8.33. The Morgan fingerprint density at radius 1 is 1.19 bits per heavy atom. The van der Waals surface area contributed by atoms with E-state index in [0.29, 0.717) is 40.5 Å². The Kier molecular flexibility index (Phi) is 5.22. The van der Waals surface area contributed by atoms with Gasteiger partial charge in [0.2, 0.25) is 5.91 Å². The fourth-order valence-corrected chi connectivity index (χ4v) is 4.04. The quantitative estimate of drug-likeness (QED) is 0.521. The number of amides is 1. The van der Waals surface area contributed by atoms with Gasteiger partial charge < -0.3 is 14.7 Å². The van der Waals surface area contributed by atoms with Crippen LogP contribution in [0.5, 0.6) is 0 Å². The summed E-state index contributed by atoms with van der Waals surface area (Å²) >= 11 is 0. The summed E-state index contributed by atoms with van der Waals surface area (Å²) in [6.07, 6.45) is 3.04. The van der Waals surface area contributed by atoms with Gasteiger partial charge in [-0.25, -0.2) is 14.4 Å². The van der Waals surface area contributed by atoms with Crippen LogP contribution >= 0.6 is 0 Å². The molecule has 1 aliphatic rings. The van der Waals surface area contributed by atoms with Crippen molar-refractivity contribution in [2.45, 2.75) is 19.8 Å². The predicted molar refractivity (Wildman–Crippen MR) is 118 cm³/mol. The van der Waals surface area contributed by atoms with Gasteiger partial charge in [-0.15, -0.1) is 0 Å². The minimum atomic E-state index is -0.328. The van der Waals surface area contributed by atoms with Crippen LogP contribution in [0.15, 0.2) is 53.3 Å². The first-order valence-corrected chi connectivity index (χ1v) is 10.4. The third-order valence-electron chi connectivity index (χ3n) is 5.60. The number of carbonyl (C=O) groups excluding carboxylic acids is 1. The van der Waals surface area contributed by atoms with Crippen LogP contribution in [-0.4, -0.2) is 39.1 Å². The molecular weight excluding hydrogens is 411 g/mol. The minimum Gasteiger partial charge on any atom is -0.355 e. The Balaban J connectivity index is 1.43. The number of carbonyl (C=O) groups is 1. The van der Waals surface area contributed by atoms with Crippen LogP contribution in [0.25, 0.3) is 22.4 Å². The summed E-state index contributed by atoms with van der Waals surface area (Å²) in [5, 5.41) is 7.73. The fourth-order valence-electron chi connectivity index (χ4n) is 4.04. The van der Waals surface area contributed by atoms with E-state index in [1.165, 1.54) is 18.5 Å². The van der Waals surface area contributed by atoms with E-state index in [-0.39, 0.29) is 17.6 Å². The lowest BCUT2D eigenvalue weighted by Crippen LogP contribution is -2.41. The second-order valence-electron chi connectivity index (χ2n) is 7.85. The largest absolute Gasteiger partial charge is 0.355 e. The Morgan fingerprint density at radius 2 is 2.03 bits per heavy atom. The molecule has 1 amide bonds. The topological polar surface area (TPSA) is 97.0 Å². The highest BCUT2D eigenvalue weighted by molar-refractivity contribution is 5.98. The summed E-state index contributed by atoms with van der Waals surface area (Å²) in [6.45, 7) is 3.13. The fraction of sp³-hybridized carbons (Fsp3) is 0.261. The molecule has 1 fully saturated rings. The van der Waals surface area contributed by atoms with Gasteiger partial charge in [0.05, 0.1) is 5.92 Å². The molecule has 0 bridgehead atoms.